The molecule has 0 radical (unpaired) electrons. The van der Waals surface area contributed by atoms with Crippen molar-refractivity contribution in [3.05, 3.63) is 17.5 Å². The van der Waals surface area contributed by atoms with E-state index in [-0.39, 0.29) is 11.9 Å². The van der Waals surface area contributed by atoms with Gasteiger partial charge in [-0.2, -0.15) is 5.10 Å². The lowest BCUT2D eigenvalue weighted by atomic mass is 9.96. The highest BCUT2D eigenvalue weighted by molar-refractivity contribution is 5.92. The van der Waals surface area contributed by atoms with Crippen LogP contribution in [0.3, 0.4) is 0 Å². The second kappa shape index (κ2) is 4.49. The van der Waals surface area contributed by atoms with Crippen molar-refractivity contribution in [2.75, 3.05) is 13.1 Å². The molecule has 2 heterocycles. The molecule has 1 aromatic rings. The summed E-state index contributed by atoms with van der Waals surface area (Å²) in [5, 5.41) is 4.20. The van der Waals surface area contributed by atoms with Crippen LogP contribution in [0.25, 0.3) is 0 Å². The average molecular weight is 236 g/mol. The van der Waals surface area contributed by atoms with E-state index in [0.717, 1.165) is 18.7 Å². The fourth-order valence-electron chi connectivity index (χ4n) is 2.54. The van der Waals surface area contributed by atoms with Crippen molar-refractivity contribution in [3.8, 4) is 0 Å². The summed E-state index contributed by atoms with van der Waals surface area (Å²) in [6, 6.07) is 1.92. The van der Waals surface area contributed by atoms with Crippen LogP contribution in [0.15, 0.2) is 6.07 Å². The summed E-state index contributed by atoms with van der Waals surface area (Å²) in [5.74, 6) is 0.507. The van der Waals surface area contributed by atoms with Gasteiger partial charge in [0.1, 0.15) is 5.69 Å². The number of nitrogens with two attached hydrogens (primary N) is 1. The number of carbonyl (C=O) groups is 1. The summed E-state index contributed by atoms with van der Waals surface area (Å²) >= 11 is 0. The van der Waals surface area contributed by atoms with Gasteiger partial charge in [-0.3, -0.25) is 9.48 Å². The average Bonchev–Trinajstić information content (AvgIpc) is 2.55. The molecule has 0 spiro atoms. The first-order valence-corrected chi connectivity index (χ1v) is 6.03. The lowest BCUT2D eigenvalue weighted by molar-refractivity contribution is 0.0650. The van der Waals surface area contributed by atoms with Gasteiger partial charge in [0.25, 0.3) is 5.91 Å². The van der Waals surface area contributed by atoms with Crippen LogP contribution in [0.1, 0.15) is 29.5 Å². The Balaban J connectivity index is 2.17. The smallest absolute Gasteiger partial charge is 0.272 e. The first-order valence-electron chi connectivity index (χ1n) is 6.03. The summed E-state index contributed by atoms with van der Waals surface area (Å²) in [7, 11) is 1.80. The normalized spacial score (nSPS) is 25.1. The van der Waals surface area contributed by atoms with Gasteiger partial charge in [0.15, 0.2) is 0 Å². The Kier molecular flexibility index (Phi) is 3.19. The van der Waals surface area contributed by atoms with E-state index in [1.807, 2.05) is 17.9 Å². The molecule has 0 bridgehead atoms. The standard InChI is InChI=1S/C12H20N4O/c1-8-4-10(13)7-16(6-8)12(17)11-5-9(2)14-15(11)3/h5,8,10H,4,6-7,13H2,1-3H3. The number of aryl methyl sites for hydroxylation is 2. The SMILES string of the molecule is Cc1cc(C(=O)N2CC(C)CC(N)C2)n(C)n1. The highest BCUT2D eigenvalue weighted by Gasteiger charge is 2.27. The number of amides is 1. The molecule has 0 aromatic carbocycles. The van der Waals surface area contributed by atoms with Gasteiger partial charge < -0.3 is 10.6 Å². The van der Waals surface area contributed by atoms with Crippen molar-refractivity contribution >= 4 is 5.91 Å². The molecule has 2 atom stereocenters. The van der Waals surface area contributed by atoms with E-state index in [1.54, 1.807) is 11.7 Å². The zero-order chi connectivity index (χ0) is 12.6. The predicted octanol–water partition coefficient (Wildman–Crippen LogP) is 0.538. The molecule has 1 fully saturated rings. The number of aromatic nitrogens is 2. The van der Waals surface area contributed by atoms with Gasteiger partial charge >= 0.3 is 0 Å². The minimum absolute atomic E-state index is 0.0371. The molecule has 5 nitrogen and oxygen atoms in total. The third-order valence-corrected chi connectivity index (χ3v) is 3.20. The van der Waals surface area contributed by atoms with Crippen molar-refractivity contribution in [2.45, 2.75) is 26.3 Å². The van der Waals surface area contributed by atoms with Crippen molar-refractivity contribution in [2.24, 2.45) is 18.7 Å². The Hall–Kier alpha value is -1.36. The summed E-state index contributed by atoms with van der Waals surface area (Å²) in [6.07, 6.45) is 0.994. The van der Waals surface area contributed by atoms with E-state index < -0.39 is 0 Å². The van der Waals surface area contributed by atoms with Crippen LogP contribution in [0.4, 0.5) is 0 Å². The summed E-state index contributed by atoms with van der Waals surface area (Å²) in [4.78, 5) is 14.2. The molecular weight excluding hydrogens is 216 g/mol. The molecule has 1 amide bonds. The Morgan fingerprint density at radius 2 is 2.24 bits per heavy atom. The molecular formula is C12H20N4O. The predicted molar refractivity (Wildman–Crippen MR) is 65.6 cm³/mol. The molecule has 2 rings (SSSR count). The number of hydrogen-bond acceptors (Lipinski definition) is 3. The molecule has 0 saturated carbocycles. The van der Waals surface area contributed by atoms with Gasteiger partial charge in [0, 0.05) is 26.2 Å². The number of rotatable bonds is 1. The number of piperidine rings is 1. The molecule has 1 aliphatic rings. The van der Waals surface area contributed by atoms with E-state index in [0.29, 0.717) is 18.2 Å². The molecule has 2 unspecified atom stereocenters. The third-order valence-electron chi connectivity index (χ3n) is 3.20. The van der Waals surface area contributed by atoms with E-state index in [4.69, 9.17) is 5.73 Å². The van der Waals surface area contributed by atoms with Gasteiger partial charge in [-0.1, -0.05) is 6.92 Å². The topological polar surface area (TPSA) is 64.2 Å². The molecule has 94 valence electrons. The van der Waals surface area contributed by atoms with Crippen LogP contribution in [0.5, 0.6) is 0 Å². The summed E-state index contributed by atoms with van der Waals surface area (Å²) in [6.45, 7) is 5.46. The van der Waals surface area contributed by atoms with Crippen LogP contribution >= 0.6 is 0 Å². The number of nitrogens with zero attached hydrogens (tertiary/aromatic N) is 3. The second-order valence-electron chi connectivity index (χ2n) is 5.11. The zero-order valence-corrected chi connectivity index (χ0v) is 10.7. The maximum Gasteiger partial charge on any atom is 0.272 e. The first kappa shape index (κ1) is 12.1. The molecule has 1 aliphatic heterocycles. The van der Waals surface area contributed by atoms with Crippen LogP contribution in [-0.4, -0.2) is 39.7 Å². The minimum atomic E-state index is 0.0371. The van der Waals surface area contributed by atoms with Crippen LogP contribution < -0.4 is 5.73 Å². The van der Waals surface area contributed by atoms with Crippen LogP contribution in [-0.2, 0) is 7.05 Å². The highest BCUT2D eigenvalue weighted by Crippen LogP contribution is 2.17. The third kappa shape index (κ3) is 2.49. The molecule has 5 heteroatoms. The largest absolute Gasteiger partial charge is 0.336 e. The van der Waals surface area contributed by atoms with Gasteiger partial charge in [-0.15, -0.1) is 0 Å². The Morgan fingerprint density at radius 1 is 1.53 bits per heavy atom. The van der Waals surface area contributed by atoms with Crippen molar-refractivity contribution in [1.29, 1.82) is 0 Å². The number of hydrogen-bond donors (Lipinski definition) is 1. The van der Waals surface area contributed by atoms with E-state index in [1.165, 1.54) is 0 Å². The van der Waals surface area contributed by atoms with Crippen molar-refractivity contribution in [1.82, 2.24) is 14.7 Å². The Bertz CT molecular complexity index is 416. The van der Waals surface area contributed by atoms with Gasteiger partial charge in [-0.05, 0) is 25.3 Å². The molecule has 2 N–H and O–H groups in total. The monoisotopic (exact) mass is 236 g/mol. The summed E-state index contributed by atoms with van der Waals surface area (Å²) < 4.78 is 1.64. The van der Waals surface area contributed by atoms with Crippen molar-refractivity contribution < 1.29 is 4.79 Å². The van der Waals surface area contributed by atoms with E-state index in [9.17, 15) is 4.79 Å². The molecule has 1 saturated heterocycles. The number of likely N-dealkylation sites (tertiary alicyclic amines) is 1. The maximum absolute atomic E-state index is 12.3. The fourth-order valence-corrected chi connectivity index (χ4v) is 2.54. The Morgan fingerprint density at radius 3 is 2.76 bits per heavy atom. The van der Waals surface area contributed by atoms with Crippen molar-refractivity contribution in [3.63, 3.8) is 0 Å². The van der Waals surface area contributed by atoms with Crippen LogP contribution in [0, 0.1) is 12.8 Å². The Labute approximate surface area is 102 Å². The van der Waals surface area contributed by atoms with E-state index in [2.05, 4.69) is 12.0 Å². The number of carbonyl (C=O) groups excluding carboxylic acids is 1. The minimum Gasteiger partial charge on any atom is -0.336 e. The quantitative estimate of drug-likeness (QED) is 0.774. The van der Waals surface area contributed by atoms with Gasteiger partial charge in [0.2, 0.25) is 0 Å². The second-order valence-corrected chi connectivity index (χ2v) is 5.11. The lowest BCUT2D eigenvalue weighted by Crippen LogP contribution is -2.49. The van der Waals surface area contributed by atoms with Crippen LogP contribution in [0.2, 0.25) is 0 Å². The first-order chi connectivity index (χ1) is 7.97. The van der Waals surface area contributed by atoms with Gasteiger partial charge in [0.05, 0.1) is 5.69 Å². The maximum atomic E-state index is 12.3. The van der Waals surface area contributed by atoms with Gasteiger partial charge in [-0.25, -0.2) is 0 Å². The highest BCUT2D eigenvalue weighted by atomic mass is 16.2. The fraction of sp³-hybridized carbons (Fsp3) is 0.667. The zero-order valence-electron chi connectivity index (χ0n) is 10.7. The lowest BCUT2D eigenvalue weighted by Gasteiger charge is -2.34. The molecule has 17 heavy (non-hydrogen) atoms. The summed E-state index contributed by atoms with van der Waals surface area (Å²) in [5.41, 5.74) is 7.47. The molecule has 1 aromatic heterocycles. The molecule has 0 aliphatic carbocycles. The van der Waals surface area contributed by atoms with E-state index >= 15 is 0 Å².